The van der Waals surface area contributed by atoms with Gasteiger partial charge in [0.05, 0.1) is 12.0 Å². The van der Waals surface area contributed by atoms with E-state index in [1.807, 2.05) is 0 Å². The summed E-state index contributed by atoms with van der Waals surface area (Å²) in [6.07, 6.45) is 7.49. The van der Waals surface area contributed by atoms with Gasteiger partial charge in [0.2, 0.25) is 0 Å². The Morgan fingerprint density at radius 3 is 2.59 bits per heavy atom. The smallest absolute Gasteiger partial charge is 0.0672 e. The Morgan fingerprint density at radius 1 is 1.18 bits per heavy atom. The van der Waals surface area contributed by atoms with Gasteiger partial charge in [-0.05, 0) is 51.4 Å². The fourth-order valence-corrected chi connectivity index (χ4v) is 3.94. The molecule has 1 saturated carbocycles. The van der Waals surface area contributed by atoms with Crippen molar-refractivity contribution in [3.8, 4) is 6.07 Å². The fraction of sp³-hybridized carbons (Fsp3) is 0.933. The first-order valence-electron chi connectivity index (χ1n) is 7.34. The molecule has 0 aromatic heterocycles. The molecule has 0 N–H and O–H groups in total. The van der Waals surface area contributed by atoms with E-state index in [0.29, 0.717) is 12.1 Å². The average Bonchev–Trinajstić information content (AvgIpc) is 2.70. The molecule has 5 atom stereocenters. The van der Waals surface area contributed by atoms with Crippen LogP contribution in [0.5, 0.6) is 0 Å². The summed E-state index contributed by atoms with van der Waals surface area (Å²) in [7, 11) is 0. The van der Waals surface area contributed by atoms with Crippen LogP contribution < -0.4 is 0 Å². The van der Waals surface area contributed by atoms with E-state index < -0.39 is 0 Å². The second-order valence-corrected chi connectivity index (χ2v) is 6.16. The van der Waals surface area contributed by atoms with Gasteiger partial charge in [0.15, 0.2) is 0 Å². The van der Waals surface area contributed by atoms with E-state index in [9.17, 15) is 5.26 Å². The molecule has 5 unspecified atom stereocenters. The summed E-state index contributed by atoms with van der Waals surface area (Å²) in [6, 6.07) is 4.53. The largest absolute Gasteiger partial charge is 0.293 e. The number of hydrogen-bond acceptors (Lipinski definition) is 2. The van der Waals surface area contributed by atoms with Gasteiger partial charge in [-0.1, -0.05) is 13.8 Å². The zero-order valence-electron chi connectivity index (χ0n) is 11.5. The normalized spacial score (nSPS) is 43.5. The molecule has 0 radical (unpaired) electrons. The van der Waals surface area contributed by atoms with Gasteiger partial charge < -0.3 is 0 Å². The summed E-state index contributed by atoms with van der Waals surface area (Å²) in [4.78, 5) is 2.70. The zero-order chi connectivity index (χ0) is 12.4. The molecule has 0 amide bonds. The predicted molar refractivity (Wildman–Crippen MR) is 70.5 cm³/mol. The average molecular weight is 234 g/mol. The maximum atomic E-state index is 9.38. The highest BCUT2D eigenvalue weighted by Crippen LogP contribution is 2.38. The lowest BCUT2D eigenvalue weighted by Gasteiger charge is -2.42. The van der Waals surface area contributed by atoms with Gasteiger partial charge >= 0.3 is 0 Å². The Kier molecular flexibility index (Phi) is 4.09. The highest BCUT2D eigenvalue weighted by molar-refractivity contribution is 5.01. The molecule has 17 heavy (non-hydrogen) atoms. The summed E-state index contributed by atoms with van der Waals surface area (Å²) in [5.74, 6) is 1.08. The molecule has 1 aliphatic heterocycles. The van der Waals surface area contributed by atoms with Crippen molar-refractivity contribution in [1.82, 2.24) is 4.90 Å². The van der Waals surface area contributed by atoms with Crippen LogP contribution in [0.25, 0.3) is 0 Å². The number of rotatable bonds is 2. The molecule has 2 aliphatic rings. The molecular weight excluding hydrogens is 208 g/mol. The van der Waals surface area contributed by atoms with Crippen LogP contribution in [-0.2, 0) is 0 Å². The van der Waals surface area contributed by atoms with Crippen molar-refractivity contribution < 1.29 is 0 Å². The van der Waals surface area contributed by atoms with Crippen molar-refractivity contribution in [3.63, 3.8) is 0 Å². The lowest BCUT2D eigenvalue weighted by molar-refractivity contribution is 0.0642. The monoisotopic (exact) mass is 234 g/mol. The van der Waals surface area contributed by atoms with Crippen LogP contribution in [0.3, 0.4) is 0 Å². The summed E-state index contributed by atoms with van der Waals surface area (Å²) < 4.78 is 0. The first-order valence-corrected chi connectivity index (χ1v) is 7.34. The Morgan fingerprint density at radius 2 is 1.94 bits per heavy atom. The minimum atomic E-state index is 0.279. The Hall–Kier alpha value is -0.550. The maximum Gasteiger partial charge on any atom is 0.0672 e. The molecule has 0 aromatic carbocycles. The molecule has 0 spiro atoms. The minimum absolute atomic E-state index is 0.279. The van der Waals surface area contributed by atoms with E-state index in [2.05, 4.69) is 31.7 Å². The highest BCUT2D eigenvalue weighted by atomic mass is 15.2. The number of nitrogens with zero attached hydrogens (tertiary/aromatic N) is 2. The van der Waals surface area contributed by atoms with Gasteiger partial charge in [0, 0.05) is 18.1 Å². The zero-order valence-corrected chi connectivity index (χ0v) is 11.5. The maximum absolute atomic E-state index is 9.38. The van der Waals surface area contributed by atoms with Gasteiger partial charge in [-0.3, -0.25) is 4.90 Å². The Bertz CT molecular complexity index is 294. The van der Waals surface area contributed by atoms with Crippen molar-refractivity contribution in [2.45, 2.75) is 77.4 Å². The molecule has 2 fully saturated rings. The second-order valence-electron chi connectivity index (χ2n) is 6.16. The van der Waals surface area contributed by atoms with Crippen molar-refractivity contribution in [2.75, 3.05) is 0 Å². The molecule has 2 heteroatoms. The molecule has 96 valence electrons. The lowest BCUT2D eigenvalue weighted by atomic mass is 9.78. The molecule has 2 nitrogen and oxygen atoms in total. The molecular formula is C15H26N2. The number of hydrogen-bond donors (Lipinski definition) is 0. The summed E-state index contributed by atoms with van der Waals surface area (Å²) in [6.45, 7) is 7.00. The molecule has 2 rings (SSSR count). The SMILES string of the molecule is CCC1CCC(C)N1C1CC(C)CCC1C#N. The van der Waals surface area contributed by atoms with Crippen LogP contribution in [0.2, 0.25) is 0 Å². The van der Waals surface area contributed by atoms with Crippen molar-refractivity contribution >= 4 is 0 Å². The van der Waals surface area contributed by atoms with Crippen molar-refractivity contribution in [2.24, 2.45) is 11.8 Å². The lowest BCUT2D eigenvalue weighted by Crippen LogP contribution is -2.48. The van der Waals surface area contributed by atoms with Crippen LogP contribution in [0.1, 0.15) is 59.3 Å². The standard InChI is InChI=1S/C15H26N2/c1-4-14-8-6-12(3)17(14)15-9-11(2)5-7-13(15)10-16/h11-15H,4-9H2,1-3H3. The summed E-state index contributed by atoms with van der Waals surface area (Å²) in [5.41, 5.74) is 0. The number of likely N-dealkylation sites (tertiary alicyclic amines) is 1. The van der Waals surface area contributed by atoms with Crippen molar-refractivity contribution in [1.29, 1.82) is 5.26 Å². The van der Waals surface area contributed by atoms with Crippen molar-refractivity contribution in [3.05, 3.63) is 0 Å². The van der Waals surface area contributed by atoms with Gasteiger partial charge in [-0.2, -0.15) is 5.26 Å². The quantitative estimate of drug-likeness (QED) is 0.730. The third-order valence-electron chi connectivity index (χ3n) is 4.95. The minimum Gasteiger partial charge on any atom is -0.293 e. The first kappa shape index (κ1) is 12.9. The Labute approximate surface area is 106 Å². The fourth-order valence-electron chi connectivity index (χ4n) is 3.94. The van der Waals surface area contributed by atoms with E-state index >= 15 is 0 Å². The molecule has 0 aromatic rings. The molecule has 1 saturated heterocycles. The third kappa shape index (κ3) is 2.50. The van der Waals surface area contributed by atoms with Crippen LogP contribution in [0, 0.1) is 23.2 Å². The highest BCUT2D eigenvalue weighted by Gasteiger charge is 2.40. The van der Waals surface area contributed by atoms with Gasteiger partial charge in [0.25, 0.3) is 0 Å². The second kappa shape index (κ2) is 5.40. The van der Waals surface area contributed by atoms with Crippen LogP contribution in [0.4, 0.5) is 0 Å². The molecule has 1 heterocycles. The van der Waals surface area contributed by atoms with Crippen LogP contribution >= 0.6 is 0 Å². The van der Waals surface area contributed by atoms with E-state index in [4.69, 9.17) is 0 Å². The molecule has 1 aliphatic carbocycles. The van der Waals surface area contributed by atoms with E-state index in [0.717, 1.165) is 18.4 Å². The summed E-state index contributed by atoms with van der Waals surface area (Å²) in [5, 5.41) is 9.38. The number of nitriles is 1. The third-order valence-corrected chi connectivity index (χ3v) is 4.95. The first-order chi connectivity index (χ1) is 8.17. The Balaban J connectivity index is 2.14. The van der Waals surface area contributed by atoms with Gasteiger partial charge in [-0.15, -0.1) is 0 Å². The van der Waals surface area contributed by atoms with Crippen LogP contribution in [-0.4, -0.2) is 23.0 Å². The summed E-state index contributed by atoms with van der Waals surface area (Å²) >= 11 is 0. The predicted octanol–water partition coefficient (Wildman–Crippen LogP) is 3.58. The van der Waals surface area contributed by atoms with Gasteiger partial charge in [0.1, 0.15) is 0 Å². The van der Waals surface area contributed by atoms with E-state index in [-0.39, 0.29) is 5.92 Å². The van der Waals surface area contributed by atoms with Crippen LogP contribution in [0.15, 0.2) is 0 Å². The van der Waals surface area contributed by atoms with E-state index in [1.54, 1.807) is 0 Å². The van der Waals surface area contributed by atoms with E-state index in [1.165, 1.54) is 32.1 Å². The van der Waals surface area contributed by atoms with Gasteiger partial charge in [-0.25, -0.2) is 0 Å². The topological polar surface area (TPSA) is 27.0 Å². The molecule has 0 bridgehead atoms.